The molecule has 0 spiro atoms. The van der Waals surface area contributed by atoms with Crippen LogP contribution in [0.4, 0.5) is 4.79 Å². The summed E-state index contributed by atoms with van der Waals surface area (Å²) in [5, 5.41) is 3.02. The van der Waals surface area contributed by atoms with Crippen molar-refractivity contribution in [3.05, 3.63) is 0 Å². The smallest absolute Gasteiger partial charge is 0.317 e. The Labute approximate surface area is 103 Å². The van der Waals surface area contributed by atoms with E-state index in [0.717, 1.165) is 6.54 Å². The van der Waals surface area contributed by atoms with Gasteiger partial charge in [0.2, 0.25) is 0 Å². The number of ether oxygens (including phenoxy) is 1. The van der Waals surface area contributed by atoms with E-state index in [-0.39, 0.29) is 6.03 Å². The van der Waals surface area contributed by atoms with E-state index in [1.165, 1.54) is 25.9 Å². The van der Waals surface area contributed by atoms with Crippen LogP contribution in [0.5, 0.6) is 0 Å². The Kier molecular flexibility index (Phi) is 4.62. The number of hydrogen-bond acceptors (Lipinski definition) is 3. The first kappa shape index (κ1) is 12.6. The summed E-state index contributed by atoms with van der Waals surface area (Å²) in [6.45, 7) is 8.03. The molecule has 2 amide bonds. The molecule has 0 aliphatic carbocycles. The van der Waals surface area contributed by atoms with Crippen LogP contribution in [-0.4, -0.2) is 67.8 Å². The summed E-state index contributed by atoms with van der Waals surface area (Å²) < 4.78 is 5.23. The molecule has 2 aliphatic rings. The van der Waals surface area contributed by atoms with Crippen molar-refractivity contribution >= 4 is 6.03 Å². The molecule has 1 N–H and O–H groups in total. The molecule has 2 fully saturated rings. The Bertz CT molecular complexity index is 248. The third kappa shape index (κ3) is 3.57. The molecule has 1 unspecified atom stereocenters. The lowest BCUT2D eigenvalue weighted by Gasteiger charge is -2.29. The Morgan fingerprint density at radius 1 is 1.24 bits per heavy atom. The van der Waals surface area contributed by atoms with Crippen molar-refractivity contribution < 1.29 is 9.53 Å². The van der Waals surface area contributed by atoms with Crippen LogP contribution in [0, 0.1) is 0 Å². The van der Waals surface area contributed by atoms with Gasteiger partial charge in [-0.05, 0) is 32.9 Å². The molecule has 0 bridgehead atoms. The molecule has 0 radical (unpaired) electrons. The van der Waals surface area contributed by atoms with Crippen molar-refractivity contribution in [2.45, 2.75) is 25.8 Å². The van der Waals surface area contributed by atoms with Gasteiger partial charge in [0.15, 0.2) is 0 Å². The van der Waals surface area contributed by atoms with Gasteiger partial charge in [0, 0.05) is 25.7 Å². The van der Waals surface area contributed by atoms with Crippen molar-refractivity contribution in [2.24, 2.45) is 0 Å². The van der Waals surface area contributed by atoms with Gasteiger partial charge < -0.3 is 15.0 Å². The van der Waals surface area contributed by atoms with E-state index < -0.39 is 0 Å². The minimum absolute atomic E-state index is 0.0550. The van der Waals surface area contributed by atoms with Gasteiger partial charge in [0.1, 0.15) is 0 Å². The van der Waals surface area contributed by atoms with E-state index in [4.69, 9.17) is 4.74 Å². The van der Waals surface area contributed by atoms with E-state index in [9.17, 15) is 4.79 Å². The van der Waals surface area contributed by atoms with E-state index in [0.29, 0.717) is 32.3 Å². The highest BCUT2D eigenvalue weighted by atomic mass is 16.5. The zero-order valence-corrected chi connectivity index (χ0v) is 10.7. The molecule has 2 rings (SSSR count). The van der Waals surface area contributed by atoms with E-state index in [2.05, 4.69) is 17.1 Å². The summed E-state index contributed by atoms with van der Waals surface area (Å²) in [5.74, 6) is 0. The zero-order valence-electron chi connectivity index (χ0n) is 10.7. The van der Waals surface area contributed by atoms with Crippen LogP contribution < -0.4 is 5.32 Å². The Hall–Kier alpha value is -0.810. The fourth-order valence-electron chi connectivity index (χ4n) is 2.42. The molecular formula is C12H23N3O2. The second-order valence-electron chi connectivity index (χ2n) is 4.88. The Balaban J connectivity index is 1.67. The first-order valence-corrected chi connectivity index (χ1v) is 6.62. The van der Waals surface area contributed by atoms with Crippen molar-refractivity contribution in [2.75, 3.05) is 45.9 Å². The summed E-state index contributed by atoms with van der Waals surface area (Å²) >= 11 is 0. The van der Waals surface area contributed by atoms with Gasteiger partial charge in [0.05, 0.1) is 13.2 Å². The Morgan fingerprint density at radius 2 is 1.88 bits per heavy atom. The Morgan fingerprint density at radius 3 is 2.53 bits per heavy atom. The molecule has 0 aromatic rings. The second-order valence-corrected chi connectivity index (χ2v) is 4.88. The van der Waals surface area contributed by atoms with Crippen molar-refractivity contribution in [1.82, 2.24) is 15.1 Å². The van der Waals surface area contributed by atoms with Gasteiger partial charge in [-0.15, -0.1) is 0 Å². The topological polar surface area (TPSA) is 44.8 Å². The second kappa shape index (κ2) is 6.21. The fourth-order valence-corrected chi connectivity index (χ4v) is 2.42. The molecule has 98 valence electrons. The highest BCUT2D eigenvalue weighted by molar-refractivity contribution is 5.74. The third-order valence-corrected chi connectivity index (χ3v) is 3.61. The minimum atomic E-state index is 0.0550. The molecule has 2 saturated heterocycles. The third-order valence-electron chi connectivity index (χ3n) is 3.61. The predicted octanol–water partition coefficient (Wildman–Crippen LogP) is 0.513. The first-order valence-electron chi connectivity index (χ1n) is 6.62. The molecule has 5 heteroatoms. The maximum absolute atomic E-state index is 11.9. The van der Waals surface area contributed by atoms with E-state index in [1.54, 1.807) is 0 Å². The van der Waals surface area contributed by atoms with Gasteiger partial charge in [-0.3, -0.25) is 4.90 Å². The number of carbonyl (C=O) groups excluding carboxylic acids is 1. The van der Waals surface area contributed by atoms with Crippen LogP contribution in [0.3, 0.4) is 0 Å². The molecule has 5 nitrogen and oxygen atoms in total. The summed E-state index contributed by atoms with van der Waals surface area (Å²) in [5.41, 5.74) is 0. The molecule has 17 heavy (non-hydrogen) atoms. The number of urea groups is 1. The number of carbonyl (C=O) groups is 1. The standard InChI is InChI=1S/C12H23N3O2/c1-11(14-4-2-3-5-14)10-13-12(16)15-6-8-17-9-7-15/h11H,2-10H2,1H3,(H,13,16). The molecule has 0 aromatic heterocycles. The predicted molar refractivity (Wildman–Crippen MR) is 66.1 cm³/mol. The van der Waals surface area contributed by atoms with E-state index in [1.807, 2.05) is 4.90 Å². The number of likely N-dealkylation sites (tertiary alicyclic amines) is 1. The van der Waals surface area contributed by atoms with Gasteiger partial charge in [-0.25, -0.2) is 4.79 Å². The number of amides is 2. The lowest BCUT2D eigenvalue weighted by Crippen LogP contribution is -2.49. The number of nitrogens with one attached hydrogen (secondary N) is 1. The molecule has 0 saturated carbocycles. The highest BCUT2D eigenvalue weighted by Gasteiger charge is 2.20. The molecule has 2 aliphatic heterocycles. The van der Waals surface area contributed by atoms with Crippen LogP contribution in [-0.2, 0) is 4.74 Å². The molecular weight excluding hydrogens is 218 g/mol. The van der Waals surface area contributed by atoms with Crippen LogP contribution in [0.25, 0.3) is 0 Å². The quantitative estimate of drug-likeness (QED) is 0.783. The summed E-state index contributed by atoms with van der Waals surface area (Å²) in [6, 6.07) is 0.502. The fraction of sp³-hybridized carbons (Fsp3) is 0.917. The summed E-state index contributed by atoms with van der Waals surface area (Å²) in [7, 11) is 0. The monoisotopic (exact) mass is 241 g/mol. The number of morpholine rings is 1. The number of rotatable bonds is 3. The van der Waals surface area contributed by atoms with Crippen molar-refractivity contribution in [1.29, 1.82) is 0 Å². The molecule has 0 aromatic carbocycles. The van der Waals surface area contributed by atoms with Crippen LogP contribution in [0.1, 0.15) is 19.8 Å². The summed E-state index contributed by atoms with van der Waals surface area (Å²) in [4.78, 5) is 16.1. The SMILES string of the molecule is CC(CNC(=O)N1CCOCC1)N1CCCC1. The molecule has 1 atom stereocenters. The normalized spacial score (nSPS) is 23.7. The van der Waals surface area contributed by atoms with Crippen molar-refractivity contribution in [3.8, 4) is 0 Å². The van der Waals surface area contributed by atoms with Gasteiger partial charge in [-0.2, -0.15) is 0 Å². The van der Waals surface area contributed by atoms with Crippen molar-refractivity contribution in [3.63, 3.8) is 0 Å². The van der Waals surface area contributed by atoms with Gasteiger partial charge in [-0.1, -0.05) is 0 Å². The van der Waals surface area contributed by atoms with Gasteiger partial charge in [0.25, 0.3) is 0 Å². The number of hydrogen-bond donors (Lipinski definition) is 1. The zero-order chi connectivity index (χ0) is 12.1. The van der Waals surface area contributed by atoms with Crippen LogP contribution >= 0.6 is 0 Å². The minimum Gasteiger partial charge on any atom is -0.378 e. The average Bonchev–Trinajstić information content (AvgIpc) is 2.90. The highest BCUT2D eigenvalue weighted by Crippen LogP contribution is 2.10. The van der Waals surface area contributed by atoms with Crippen LogP contribution in [0.2, 0.25) is 0 Å². The number of nitrogens with zero attached hydrogens (tertiary/aromatic N) is 2. The van der Waals surface area contributed by atoms with E-state index >= 15 is 0 Å². The average molecular weight is 241 g/mol. The van der Waals surface area contributed by atoms with Crippen LogP contribution in [0.15, 0.2) is 0 Å². The first-order chi connectivity index (χ1) is 8.27. The lowest BCUT2D eigenvalue weighted by molar-refractivity contribution is 0.0528. The maximum Gasteiger partial charge on any atom is 0.317 e. The molecule has 2 heterocycles. The lowest BCUT2D eigenvalue weighted by atomic mass is 10.3. The largest absolute Gasteiger partial charge is 0.378 e. The summed E-state index contributed by atoms with van der Waals surface area (Å²) in [6.07, 6.45) is 2.59. The maximum atomic E-state index is 11.9. The van der Waals surface area contributed by atoms with Gasteiger partial charge >= 0.3 is 6.03 Å².